The molecule has 0 aromatic heterocycles. The fourth-order valence-electron chi connectivity index (χ4n) is 3.97. The predicted octanol–water partition coefficient (Wildman–Crippen LogP) is 3.54. The van der Waals surface area contributed by atoms with Gasteiger partial charge >= 0.3 is 5.97 Å². The molecule has 6 nitrogen and oxygen atoms in total. The molecule has 158 valence electrons. The number of ether oxygens (including phenoxy) is 2. The number of thioether (sulfide) groups is 1. The summed E-state index contributed by atoms with van der Waals surface area (Å²) in [5, 5.41) is 13.9. The van der Waals surface area contributed by atoms with Gasteiger partial charge < -0.3 is 19.9 Å². The highest BCUT2D eigenvalue weighted by Crippen LogP contribution is 2.36. The summed E-state index contributed by atoms with van der Waals surface area (Å²) >= 11 is 1.12. The number of amides is 1. The molecule has 2 heterocycles. The van der Waals surface area contributed by atoms with Gasteiger partial charge in [-0.15, -0.1) is 0 Å². The molecule has 2 aromatic rings. The second-order valence-electron chi connectivity index (χ2n) is 7.74. The van der Waals surface area contributed by atoms with E-state index < -0.39 is 23.9 Å². The molecule has 2 aromatic carbocycles. The summed E-state index contributed by atoms with van der Waals surface area (Å²) in [6.45, 7) is 0. The minimum atomic E-state index is -1.57. The van der Waals surface area contributed by atoms with E-state index in [-0.39, 0.29) is 17.8 Å². The lowest BCUT2D eigenvalue weighted by Gasteiger charge is -2.43. The number of carbonyl (C=O) groups excluding carboxylic acids is 2. The lowest BCUT2D eigenvalue weighted by atomic mass is 9.91. The van der Waals surface area contributed by atoms with Gasteiger partial charge in [0, 0.05) is 18.6 Å². The maximum absolute atomic E-state index is 12.6. The number of benzene rings is 2. The van der Waals surface area contributed by atoms with Gasteiger partial charge in [-0.1, -0.05) is 60.3 Å². The maximum atomic E-state index is 12.6. The molecule has 0 spiro atoms. The first-order valence-corrected chi connectivity index (χ1v) is 11.1. The molecule has 1 amide bonds. The van der Waals surface area contributed by atoms with Crippen molar-refractivity contribution in [1.29, 1.82) is 0 Å². The number of nitrogens with one attached hydrogen (secondary N) is 1. The molecule has 2 aliphatic rings. The van der Waals surface area contributed by atoms with E-state index in [1.54, 1.807) is 24.3 Å². The van der Waals surface area contributed by atoms with Gasteiger partial charge in [-0.3, -0.25) is 4.79 Å². The van der Waals surface area contributed by atoms with Gasteiger partial charge in [0.2, 0.25) is 0 Å². The van der Waals surface area contributed by atoms with E-state index in [2.05, 4.69) is 17.4 Å². The number of rotatable bonds is 6. The number of carbonyl (C=O) groups is 2. The Kier molecular flexibility index (Phi) is 6.41. The molecule has 30 heavy (non-hydrogen) atoms. The SMILES string of the molecule is O=C1N[C@H]([C@@]2(O)CC(OC(=O)c3ccccc3)C[C@@H](CCc3ccccc3)O2)CS1. The Morgan fingerprint density at radius 1 is 1.17 bits per heavy atom. The van der Waals surface area contributed by atoms with Crippen molar-refractivity contribution in [2.45, 2.75) is 49.7 Å². The van der Waals surface area contributed by atoms with Crippen LogP contribution in [0.5, 0.6) is 0 Å². The van der Waals surface area contributed by atoms with E-state index in [9.17, 15) is 14.7 Å². The van der Waals surface area contributed by atoms with E-state index in [1.165, 1.54) is 5.56 Å². The van der Waals surface area contributed by atoms with Crippen LogP contribution in [0.25, 0.3) is 0 Å². The van der Waals surface area contributed by atoms with Crippen molar-refractivity contribution in [2.75, 3.05) is 5.75 Å². The lowest BCUT2D eigenvalue weighted by molar-refractivity contribution is -0.281. The summed E-state index contributed by atoms with van der Waals surface area (Å²) in [5.41, 5.74) is 1.65. The molecule has 2 fully saturated rings. The molecular weight excluding hydrogens is 402 g/mol. The van der Waals surface area contributed by atoms with Crippen LogP contribution in [0.15, 0.2) is 60.7 Å². The molecule has 4 atom stereocenters. The molecule has 0 saturated carbocycles. The molecule has 0 bridgehead atoms. The van der Waals surface area contributed by atoms with Crippen LogP contribution in [0.1, 0.15) is 35.2 Å². The van der Waals surface area contributed by atoms with Crippen LogP contribution < -0.4 is 5.32 Å². The average Bonchev–Trinajstić information content (AvgIpc) is 3.21. The third-order valence-corrected chi connectivity index (χ3v) is 6.40. The zero-order valence-electron chi connectivity index (χ0n) is 16.5. The van der Waals surface area contributed by atoms with E-state index in [1.807, 2.05) is 24.3 Å². The molecule has 0 aliphatic carbocycles. The standard InChI is InChI=1S/C23H25NO5S/c25-21(17-9-5-2-6-10-17)28-19-13-18(12-11-16-7-3-1-4-8-16)29-23(27,14-19)20-15-30-22(26)24-20/h1-10,18-20,27H,11-15H2,(H,24,26)/t18-,19?,20+,23-/m1/s1. The Morgan fingerprint density at radius 2 is 1.87 bits per heavy atom. The number of aliphatic hydroxyl groups is 1. The van der Waals surface area contributed by atoms with Crippen molar-refractivity contribution < 1.29 is 24.2 Å². The van der Waals surface area contributed by atoms with Crippen LogP contribution in [0.2, 0.25) is 0 Å². The third kappa shape index (κ3) is 5.03. The van der Waals surface area contributed by atoms with Crippen LogP contribution in [-0.2, 0) is 15.9 Å². The zero-order valence-corrected chi connectivity index (χ0v) is 17.3. The Bertz CT molecular complexity index is 878. The highest BCUT2D eigenvalue weighted by Gasteiger charge is 2.49. The minimum absolute atomic E-state index is 0.124. The van der Waals surface area contributed by atoms with Gasteiger partial charge in [-0.25, -0.2) is 4.79 Å². The molecule has 7 heteroatoms. The van der Waals surface area contributed by atoms with Crippen LogP contribution in [0.4, 0.5) is 4.79 Å². The van der Waals surface area contributed by atoms with Crippen molar-refractivity contribution in [3.05, 3.63) is 71.8 Å². The summed E-state index contributed by atoms with van der Waals surface area (Å²) in [5.74, 6) is -1.57. The highest BCUT2D eigenvalue weighted by atomic mass is 32.2. The van der Waals surface area contributed by atoms with Crippen molar-refractivity contribution in [3.8, 4) is 0 Å². The first-order chi connectivity index (χ1) is 14.5. The number of esters is 1. The Hall–Kier alpha value is -2.35. The fraction of sp³-hybridized carbons (Fsp3) is 0.391. The summed E-state index contributed by atoms with van der Waals surface area (Å²) in [7, 11) is 0. The highest BCUT2D eigenvalue weighted by molar-refractivity contribution is 8.14. The first kappa shape index (κ1) is 20.9. The molecule has 0 radical (unpaired) electrons. The van der Waals surface area contributed by atoms with Crippen molar-refractivity contribution in [2.24, 2.45) is 0 Å². The average molecular weight is 428 g/mol. The lowest BCUT2D eigenvalue weighted by Crippen LogP contribution is -2.58. The molecule has 1 unspecified atom stereocenters. The van der Waals surface area contributed by atoms with Crippen molar-refractivity contribution in [1.82, 2.24) is 5.32 Å². The van der Waals surface area contributed by atoms with Crippen LogP contribution in [-0.4, -0.2) is 46.1 Å². The number of aryl methyl sites for hydroxylation is 1. The third-order valence-electron chi connectivity index (χ3n) is 5.52. The van der Waals surface area contributed by atoms with Crippen molar-refractivity contribution >= 4 is 23.0 Å². The largest absolute Gasteiger partial charge is 0.458 e. The van der Waals surface area contributed by atoms with Gasteiger partial charge in [0.1, 0.15) is 6.10 Å². The topological polar surface area (TPSA) is 84.9 Å². The Morgan fingerprint density at radius 3 is 2.53 bits per heavy atom. The maximum Gasteiger partial charge on any atom is 0.338 e. The molecule has 2 N–H and O–H groups in total. The zero-order chi connectivity index (χ0) is 21.0. The van der Waals surface area contributed by atoms with Gasteiger partial charge in [-0.2, -0.15) is 0 Å². The van der Waals surface area contributed by atoms with Crippen LogP contribution in [0.3, 0.4) is 0 Å². The normalized spacial score (nSPS) is 28.7. The van der Waals surface area contributed by atoms with E-state index >= 15 is 0 Å². The fourth-order valence-corrected chi connectivity index (χ4v) is 4.86. The molecule has 2 saturated heterocycles. The second-order valence-corrected chi connectivity index (χ2v) is 8.73. The van der Waals surface area contributed by atoms with Gasteiger partial charge in [-0.05, 0) is 30.5 Å². The molecule has 4 rings (SSSR count). The molecular formula is C23H25NO5S. The van der Waals surface area contributed by atoms with E-state index in [4.69, 9.17) is 9.47 Å². The summed E-state index contributed by atoms with van der Waals surface area (Å²) < 4.78 is 11.8. The van der Waals surface area contributed by atoms with Crippen molar-refractivity contribution in [3.63, 3.8) is 0 Å². The number of hydrogen-bond acceptors (Lipinski definition) is 6. The predicted molar refractivity (Wildman–Crippen MR) is 114 cm³/mol. The smallest absolute Gasteiger partial charge is 0.338 e. The Balaban J connectivity index is 1.47. The minimum Gasteiger partial charge on any atom is -0.458 e. The second kappa shape index (κ2) is 9.20. The summed E-state index contributed by atoms with van der Waals surface area (Å²) in [4.78, 5) is 24.2. The quantitative estimate of drug-likeness (QED) is 0.686. The van der Waals surface area contributed by atoms with Crippen LogP contribution in [0, 0.1) is 0 Å². The van der Waals surface area contributed by atoms with Gasteiger partial charge in [0.25, 0.3) is 5.24 Å². The molecule has 2 aliphatic heterocycles. The summed E-state index contributed by atoms with van der Waals surface area (Å²) in [6.07, 6.45) is 1.30. The monoisotopic (exact) mass is 427 g/mol. The Labute approximate surface area is 180 Å². The first-order valence-electron chi connectivity index (χ1n) is 10.2. The number of hydrogen-bond donors (Lipinski definition) is 2. The van der Waals surface area contributed by atoms with E-state index in [0.29, 0.717) is 24.2 Å². The van der Waals surface area contributed by atoms with Crippen LogP contribution >= 0.6 is 11.8 Å². The van der Waals surface area contributed by atoms with Gasteiger partial charge in [0.05, 0.1) is 17.7 Å². The summed E-state index contributed by atoms with van der Waals surface area (Å²) in [6, 6.07) is 18.3. The van der Waals surface area contributed by atoms with E-state index in [0.717, 1.165) is 18.2 Å². The van der Waals surface area contributed by atoms with Gasteiger partial charge in [0.15, 0.2) is 5.79 Å².